The molecule has 15 heavy (non-hydrogen) atoms. The van der Waals surface area contributed by atoms with Crippen molar-refractivity contribution < 1.29 is 18.6 Å². The third kappa shape index (κ3) is 11.3. The van der Waals surface area contributed by atoms with Crippen LogP contribution in [0.1, 0.15) is 32.6 Å². The molecule has 0 bridgehead atoms. The van der Waals surface area contributed by atoms with Crippen LogP contribution in [0.2, 0.25) is 0 Å². The number of amides is 1. The number of carbonyl (C=O) groups is 1. The van der Waals surface area contributed by atoms with Crippen LogP contribution in [0.5, 0.6) is 0 Å². The lowest BCUT2D eigenvalue weighted by Gasteiger charge is -1.97. The van der Waals surface area contributed by atoms with E-state index < -0.39 is 14.1 Å². The molecule has 0 spiro atoms. The van der Waals surface area contributed by atoms with Gasteiger partial charge in [-0.1, -0.05) is 13.3 Å². The second-order valence-corrected chi connectivity index (χ2v) is 4.49. The highest BCUT2D eigenvalue weighted by molar-refractivity contribution is 7.39. The van der Waals surface area contributed by atoms with E-state index in [2.05, 4.69) is 11.7 Å². The highest BCUT2D eigenvalue weighted by atomic mass is 31.1. The zero-order chi connectivity index (χ0) is 11.5. The minimum absolute atomic E-state index is 0.285. The number of unbranched alkanes of at least 4 members (excludes halogenated alkanes) is 2. The van der Waals surface area contributed by atoms with E-state index in [1.807, 2.05) is 0 Å². The molecule has 2 N–H and O–H groups in total. The highest BCUT2D eigenvalue weighted by Crippen LogP contribution is 2.23. The van der Waals surface area contributed by atoms with E-state index in [0.717, 1.165) is 12.8 Å². The minimum Gasteiger partial charge on any atom is -0.450 e. The van der Waals surface area contributed by atoms with Gasteiger partial charge < -0.3 is 10.5 Å². The number of primary amides is 1. The average molecular weight is 236 g/mol. The molecule has 0 rings (SSSR count). The molecule has 0 fully saturated rings. The maximum Gasteiger partial charge on any atom is 0.508 e. The molecular weight excluding hydrogens is 217 g/mol. The molecule has 0 aromatic carbocycles. The van der Waals surface area contributed by atoms with Gasteiger partial charge in [0.2, 0.25) is 0 Å². The molecule has 0 saturated carbocycles. The number of nitrogens with two attached hydrogens (primary N) is 1. The van der Waals surface area contributed by atoms with Gasteiger partial charge in [0.1, 0.15) is 6.61 Å². The lowest BCUT2D eigenvalue weighted by Crippen LogP contribution is -2.13. The molecule has 0 aliphatic rings. The number of hydrogen-bond donors (Lipinski definition) is 1. The number of carbonyl (C=O) groups excluding carboxylic acids is 1. The second-order valence-electron chi connectivity index (χ2n) is 3.12. The van der Waals surface area contributed by atoms with Gasteiger partial charge in [-0.3, -0.25) is 0 Å². The van der Waals surface area contributed by atoms with E-state index >= 15 is 0 Å². The maximum atomic E-state index is 11.2. The van der Waals surface area contributed by atoms with Crippen molar-refractivity contribution in [3.05, 3.63) is 0 Å². The van der Waals surface area contributed by atoms with Crippen molar-refractivity contribution in [2.24, 2.45) is 5.73 Å². The summed E-state index contributed by atoms with van der Waals surface area (Å²) in [4.78, 5) is 10.2. The Bertz CT molecular complexity index is 199. The largest absolute Gasteiger partial charge is 0.508 e. The van der Waals surface area contributed by atoms with Gasteiger partial charge in [-0.05, 0) is 23.8 Å². The number of rotatable bonds is 9. The Kier molecular flexibility index (Phi) is 9.43. The van der Waals surface area contributed by atoms with Crippen LogP contribution >= 0.6 is 8.03 Å². The predicted molar refractivity (Wildman–Crippen MR) is 58.1 cm³/mol. The first-order valence-electron chi connectivity index (χ1n) is 5.16. The first-order chi connectivity index (χ1) is 7.16. The first-order valence-corrected chi connectivity index (χ1v) is 6.53. The lowest BCUT2D eigenvalue weighted by molar-refractivity contribution is 0.155. The summed E-state index contributed by atoms with van der Waals surface area (Å²) in [5.41, 5.74) is 4.77. The molecule has 1 atom stereocenters. The maximum absolute atomic E-state index is 11.2. The first kappa shape index (κ1) is 14.3. The number of ether oxygens (including phenoxy) is 1. The van der Waals surface area contributed by atoms with Gasteiger partial charge in [0, 0.05) is 0 Å². The van der Waals surface area contributed by atoms with Crippen LogP contribution in [-0.4, -0.2) is 25.5 Å². The average Bonchev–Trinajstić information content (AvgIpc) is 2.17. The molecule has 0 heterocycles. The Labute approximate surface area is 91.2 Å². The van der Waals surface area contributed by atoms with Crippen LogP contribution in [-0.2, 0) is 13.8 Å². The molecule has 0 aromatic rings. The van der Waals surface area contributed by atoms with Gasteiger partial charge in [-0.2, -0.15) is 0 Å². The van der Waals surface area contributed by atoms with Crippen LogP contribution in [0, 0.1) is 0 Å². The van der Waals surface area contributed by atoms with Gasteiger partial charge in [0.05, 0.1) is 6.61 Å². The molecule has 5 nitrogen and oxygen atoms in total. The second kappa shape index (κ2) is 9.87. The van der Waals surface area contributed by atoms with Gasteiger partial charge in [-0.25, -0.2) is 4.79 Å². The molecule has 0 radical (unpaired) electrons. The van der Waals surface area contributed by atoms with Crippen molar-refractivity contribution in [2.75, 3.05) is 19.4 Å². The molecular formula is C9H19NO4P+. The third-order valence-corrected chi connectivity index (χ3v) is 2.86. The molecule has 1 amide bonds. The fraction of sp³-hybridized carbons (Fsp3) is 0.889. The van der Waals surface area contributed by atoms with E-state index in [4.69, 9.17) is 10.3 Å². The number of hydrogen-bond acceptors (Lipinski definition) is 4. The lowest BCUT2D eigenvalue weighted by atomic mass is 10.4. The highest BCUT2D eigenvalue weighted by Gasteiger charge is 2.15. The summed E-state index contributed by atoms with van der Waals surface area (Å²) in [6.07, 6.45) is 3.11. The van der Waals surface area contributed by atoms with Gasteiger partial charge >= 0.3 is 14.1 Å². The van der Waals surface area contributed by atoms with Gasteiger partial charge in [-0.15, -0.1) is 4.52 Å². The molecule has 0 aromatic heterocycles. The minimum atomic E-state index is -1.55. The molecule has 0 aliphatic carbocycles. The van der Waals surface area contributed by atoms with E-state index in [0.29, 0.717) is 25.6 Å². The molecule has 88 valence electrons. The molecule has 0 saturated heterocycles. The van der Waals surface area contributed by atoms with E-state index in [9.17, 15) is 9.36 Å². The Morgan fingerprint density at radius 2 is 2.00 bits per heavy atom. The standard InChI is InChI=1S/C9H18NO4P/c1-2-3-7-14-15(12)8-5-4-6-13-9(10)11/h2-8H2,1H3,(H-,10,11)/p+1. The van der Waals surface area contributed by atoms with Gasteiger partial charge in [0.15, 0.2) is 6.16 Å². The Hall–Kier alpha value is -0.670. The SMILES string of the molecule is CCCCO[P+](=O)CCCCOC(N)=O. The molecule has 1 unspecified atom stereocenters. The van der Waals surface area contributed by atoms with Crippen molar-refractivity contribution in [2.45, 2.75) is 32.6 Å². The normalized spacial score (nSPS) is 11.1. The summed E-state index contributed by atoms with van der Waals surface area (Å²) in [5.74, 6) is 0. The van der Waals surface area contributed by atoms with Crippen LogP contribution in [0.3, 0.4) is 0 Å². The summed E-state index contributed by atoms with van der Waals surface area (Å²) >= 11 is 0. The van der Waals surface area contributed by atoms with Crippen molar-refractivity contribution >= 4 is 14.1 Å². The summed E-state index contributed by atoms with van der Waals surface area (Å²) in [6.45, 7) is 2.90. The zero-order valence-corrected chi connectivity index (χ0v) is 10.0. The summed E-state index contributed by atoms with van der Waals surface area (Å²) < 4.78 is 20.8. The van der Waals surface area contributed by atoms with Crippen LogP contribution in [0.25, 0.3) is 0 Å². The van der Waals surface area contributed by atoms with Gasteiger partial charge in [0.25, 0.3) is 0 Å². The van der Waals surface area contributed by atoms with Crippen LogP contribution < -0.4 is 5.73 Å². The predicted octanol–water partition coefficient (Wildman–Crippen LogP) is 2.42. The van der Waals surface area contributed by atoms with E-state index in [1.165, 1.54) is 0 Å². The summed E-state index contributed by atoms with van der Waals surface area (Å²) in [5, 5.41) is 0. The monoisotopic (exact) mass is 236 g/mol. The Morgan fingerprint density at radius 3 is 2.60 bits per heavy atom. The molecule has 6 heteroatoms. The van der Waals surface area contributed by atoms with Crippen LogP contribution in [0.4, 0.5) is 4.79 Å². The summed E-state index contributed by atoms with van der Waals surface area (Å²) in [7, 11) is -1.55. The van der Waals surface area contributed by atoms with E-state index in [-0.39, 0.29) is 6.61 Å². The molecule has 0 aliphatic heterocycles. The topological polar surface area (TPSA) is 78.6 Å². The Morgan fingerprint density at radius 1 is 1.27 bits per heavy atom. The fourth-order valence-electron chi connectivity index (χ4n) is 0.891. The third-order valence-electron chi connectivity index (χ3n) is 1.71. The van der Waals surface area contributed by atoms with E-state index in [1.54, 1.807) is 0 Å². The smallest absolute Gasteiger partial charge is 0.450 e. The fourth-order valence-corrected chi connectivity index (χ4v) is 1.83. The zero-order valence-electron chi connectivity index (χ0n) is 9.11. The van der Waals surface area contributed by atoms with Crippen molar-refractivity contribution in [1.29, 1.82) is 0 Å². The Balaban J connectivity index is 3.20. The van der Waals surface area contributed by atoms with Crippen molar-refractivity contribution in [3.63, 3.8) is 0 Å². The quantitative estimate of drug-likeness (QED) is 0.492. The van der Waals surface area contributed by atoms with Crippen LogP contribution in [0.15, 0.2) is 0 Å². The summed E-state index contributed by atoms with van der Waals surface area (Å²) in [6, 6.07) is 0. The van der Waals surface area contributed by atoms with Crippen molar-refractivity contribution in [3.8, 4) is 0 Å². The van der Waals surface area contributed by atoms with Crippen molar-refractivity contribution in [1.82, 2.24) is 0 Å².